The van der Waals surface area contributed by atoms with E-state index in [2.05, 4.69) is 42.5 Å². The molecule has 0 spiro atoms. The van der Waals surface area contributed by atoms with Gasteiger partial charge in [-0.25, -0.2) is 4.79 Å². The van der Waals surface area contributed by atoms with E-state index in [4.69, 9.17) is 0 Å². The van der Waals surface area contributed by atoms with Gasteiger partial charge in [-0.1, -0.05) is 15.9 Å². The fourth-order valence-corrected chi connectivity index (χ4v) is 2.06. The molecule has 5 nitrogen and oxygen atoms in total. The summed E-state index contributed by atoms with van der Waals surface area (Å²) < 4.78 is 1.56. The monoisotopic (exact) mass is 391 g/mol. The zero-order valence-electron chi connectivity index (χ0n) is 10.7. The number of rotatable bonds is 4. The van der Waals surface area contributed by atoms with Gasteiger partial charge in [-0.05, 0) is 34.1 Å². The quantitative estimate of drug-likeness (QED) is 0.771. The van der Waals surface area contributed by atoms with Crippen molar-refractivity contribution in [3.63, 3.8) is 0 Å². The smallest absolute Gasteiger partial charge is 0.316 e. The molecule has 0 radical (unpaired) electrons. The van der Waals surface area contributed by atoms with Crippen LogP contribution in [0.2, 0.25) is 0 Å². The lowest BCUT2D eigenvalue weighted by Gasteiger charge is -2.12. The van der Waals surface area contributed by atoms with Crippen LogP contribution in [0.4, 0.5) is 4.79 Å². The van der Waals surface area contributed by atoms with Crippen LogP contribution in [-0.2, 0) is 0 Å². The Hall–Kier alpha value is -1.08. The Kier molecular flexibility index (Phi) is 6.30. The predicted octanol–water partition coefficient (Wildman–Crippen LogP) is 2.21. The molecule has 0 saturated carbocycles. The van der Waals surface area contributed by atoms with E-state index in [9.17, 15) is 9.59 Å². The van der Waals surface area contributed by atoms with Crippen LogP contribution < -0.4 is 10.6 Å². The van der Waals surface area contributed by atoms with Crippen molar-refractivity contribution < 1.29 is 9.59 Å². The molecular formula is C12H15Br2N3O2. The van der Waals surface area contributed by atoms with Gasteiger partial charge in [-0.3, -0.25) is 4.79 Å². The molecule has 0 aliphatic carbocycles. The molecule has 0 atom stereocenters. The number of hydrogen-bond acceptors (Lipinski definition) is 2. The highest BCUT2D eigenvalue weighted by molar-refractivity contribution is 9.11. The molecule has 19 heavy (non-hydrogen) atoms. The van der Waals surface area contributed by atoms with Crippen molar-refractivity contribution in [3.8, 4) is 0 Å². The molecule has 0 unspecified atom stereocenters. The van der Waals surface area contributed by atoms with E-state index in [0.29, 0.717) is 18.7 Å². The molecule has 0 heterocycles. The Balaban J connectivity index is 2.44. The first-order valence-electron chi connectivity index (χ1n) is 5.60. The Bertz CT molecular complexity index is 478. The maximum absolute atomic E-state index is 11.9. The Labute approximate surface area is 129 Å². The van der Waals surface area contributed by atoms with Crippen LogP contribution in [0.3, 0.4) is 0 Å². The van der Waals surface area contributed by atoms with Crippen LogP contribution in [0.5, 0.6) is 0 Å². The first-order chi connectivity index (χ1) is 8.91. The van der Waals surface area contributed by atoms with Gasteiger partial charge in [0.05, 0.1) is 5.56 Å². The summed E-state index contributed by atoms with van der Waals surface area (Å²) in [6.45, 7) is 0.756. The van der Waals surface area contributed by atoms with E-state index in [1.165, 1.54) is 4.90 Å². The van der Waals surface area contributed by atoms with Gasteiger partial charge in [0, 0.05) is 36.1 Å². The third kappa shape index (κ3) is 5.20. The third-order valence-electron chi connectivity index (χ3n) is 2.27. The largest absolute Gasteiger partial charge is 0.350 e. The number of nitrogens with zero attached hydrogens (tertiary/aromatic N) is 1. The molecule has 0 bridgehead atoms. The van der Waals surface area contributed by atoms with Crippen molar-refractivity contribution in [2.24, 2.45) is 0 Å². The second-order valence-electron chi connectivity index (χ2n) is 4.01. The highest BCUT2D eigenvalue weighted by atomic mass is 79.9. The van der Waals surface area contributed by atoms with Gasteiger partial charge in [0.1, 0.15) is 0 Å². The fourth-order valence-electron chi connectivity index (χ4n) is 1.27. The average Bonchev–Trinajstić information content (AvgIpc) is 2.36. The number of benzene rings is 1. The molecule has 1 aromatic carbocycles. The molecule has 0 aliphatic rings. The number of carbonyl (C=O) groups is 2. The van der Waals surface area contributed by atoms with Crippen molar-refractivity contribution in [2.45, 2.75) is 0 Å². The van der Waals surface area contributed by atoms with E-state index in [1.807, 2.05) is 6.07 Å². The van der Waals surface area contributed by atoms with E-state index >= 15 is 0 Å². The molecule has 1 rings (SSSR count). The van der Waals surface area contributed by atoms with E-state index in [1.54, 1.807) is 26.2 Å². The summed E-state index contributed by atoms with van der Waals surface area (Å²) in [5.41, 5.74) is 0.549. The second kappa shape index (κ2) is 7.49. The molecule has 2 N–H and O–H groups in total. The number of hydrogen-bond donors (Lipinski definition) is 2. The molecule has 0 fully saturated rings. The normalized spacial score (nSPS) is 9.89. The first-order valence-corrected chi connectivity index (χ1v) is 7.19. The van der Waals surface area contributed by atoms with Crippen LogP contribution in [0.25, 0.3) is 0 Å². The minimum atomic E-state index is -0.188. The van der Waals surface area contributed by atoms with Crippen LogP contribution in [-0.4, -0.2) is 44.0 Å². The zero-order valence-corrected chi connectivity index (χ0v) is 13.8. The number of amides is 3. The number of nitrogens with one attached hydrogen (secondary N) is 2. The summed E-state index contributed by atoms with van der Waals surface area (Å²) in [4.78, 5) is 24.6. The third-order valence-corrected chi connectivity index (χ3v) is 3.45. The van der Waals surface area contributed by atoms with Crippen LogP contribution in [0.15, 0.2) is 27.1 Å². The lowest BCUT2D eigenvalue weighted by molar-refractivity contribution is 0.0953. The summed E-state index contributed by atoms with van der Waals surface area (Å²) in [6.07, 6.45) is 0. The minimum Gasteiger partial charge on any atom is -0.350 e. The summed E-state index contributed by atoms with van der Waals surface area (Å²) in [5, 5.41) is 5.40. The van der Waals surface area contributed by atoms with Crippen molar-refractivity contribution in [1.29, 1.82) is 0 Å². The number of urea groups is 1. The zero-order chi connectivity index (χ0) is 14.4. The van der Waals surface area contributed by atoms with Crippen molar-refractivity contribution in [1.82, 2.24) is 15.5 Å². The maximum atomic E-state index is 11.9. The van der Waals surface area contributed by atoms with Gasteiger partial charge >= 0.3 is 6.03 Å². The van der Waals surface area contributed by atoms with Crippen molar-refractivity contribution >= 4 is 43.8 Å². The topological polar surface area (TPSA) is 61.4 Å². The van der Waals surface area contributed by atoms with Gasteiger partial charge in [-0.15, -0.1) is 0 Å². The molecule has 0 aromatic heterocycles. The highest BCUT2D eigenvalue weighted by Gasteiger charge is 2.10. The molecular weight excluding hydrogens is 378 g/mol. The van der Waals surface area contributed by atoms with Gasteiger partial charge in [-0.2, -0.15) is 0 Å². The van der Waals surface area contributed by atoms with E-state index < -0.39 is 0 Å². The maximum Gasteiger partial charge on any atom is 0.316 e. The van der Waals surface area contributed by atoms with Crippen LogP contribution in [0, 0.1) is 0 Å². The Morgan fingerprint density at radius 1 is 1.16 bits per heavy atom. The molecule has 1 aromatic rings. The van der Waals surface area contributed by atoms with Crippen LogP contribution in [0.1, 0.15) is 10.4 Å². The summed E-state index contributed by atoms with van der Waals surface area (Å²) in [7, 11) is 3.32. The lowest BCUT2D eigenvalue weighted by Crippen LogP contribution is -2.39. The van der Waals surface area contributed by atoms with Gasteiger partial charge in [0.15, 0.2) is 0 Å². The molecule has 7 heteroatoms. The lowest BCUT2D eigenvalue weighted by atomic mass is 10.2. The number of carbonyl (C=O) groups excluding carboxylic acids is 2. The number of halogens is 2. The Morgan fingerprint density at radius 2 is 1.79 bits per heavy atom. The summed E-state index contributed by atoms with van der Waals surface area (Å²) in [6, 6.07) is 5.20. The molecule has 0 aliphatic heterocycles. The van der Waals surface area contributed by atoms with Crippen molar-refractivity contribution in [3.05, 3.63) is 32.7 Å². The molecule has 3 amide bonds. The summed E-state index contributed by atoms with van der Waals surface area (Å²) in [5.74, 6) is -0.188. The predicted molar refractivity (Wildman–Crippen MR) is 81.3 cm³/mol. The van der Waals surface area contributed by atoms with Crippen LogP contribution >= 0.6 is 31.9 Å². The highest BCUT2D eigenvalue weighted by Crippen LogP contribution is 2.21. The standard InChI is InChI=1S/C12H15Br2N3O2/c1-17(2)12(19)16-6-5-15-11(18)9-7-8(13)3-4-10(9)14/h3-4,7H,5-6H2,1-2H3,(H,15,18)(H,16,19). The van der Waals surface area contributed by atoms with Crippen molar-refractivity contribution in [2.75, 3.05) is 27.2 Å². The minimum absolute atomic E-state index is 0.183. The Morgan fingerprint density at radius 3 is 2.42 bits per heavy atom. The fraction of sp³-hybridized carbons (Fsp3) is 0.333. The van der Waals surface area contributed by atoms with E-state index in [-0.39, 0.29) is 11.9 Å². The summed E-state index contributed by atoms with van der Waals surface area (Å²) >= 11 is 6.64. The van der Waals surface area contributed by atoms with Gasteiger partial charge in [0.2, 0.25) is 0 Å². The van der Waals surface area contributed by atoms with Gasteiger partial charge < -0.3 is 15.5 Å². The average molecular weight is 393 g/mol. The molecule has 0 saturated heterocycles. The van der Waals surface area contributed by atoms with E-state index in [0.717, 1.165) is 8.95 Å². The SMILES string of the molecule is CN(C)C(=O)NCCNC(=O)c1cc(Br)ccc1Br. The van der Waals surface area contributed by atoms with Gasteiger partial charge in [0.25, 0.3) is 5.91 Å². The second-order valence-corrected chi connectivity index (χ2v) is 5.78. The first kappa shape index (κ1) is 16.0. The molecule has 104 valence electrons.